The van der Waals surface area contributed by atoms with E-state index in [9.17, 15) is 13.2 Å². The van der Waals surface area contributed by atoms with Gasteiger partial charge in [-0.25, -0.2) is 0 Å². The summed E-state index contributed by atoms with van der Waals surface area (Å²) in [5.74, 6) is 0. The Kier molecular flexibility index (Phi) is 6.09. The van der Waals surface area contributed by atoms with Gasteiger partial charge in [-0.1, -0.05) is 6.07 Å². The van der Waals surface area contributed by atoms with Gasteiger partial charge < -0.3 is 15.5 Å². The molecule has 1 heterocycles. The lowest BCUT2D eigenvalue weighted by Gasteiger charge is -2.38. The van der Waals surface area contributed by atoms with Crippen molar-refractivity contribution in [3.63, 3.8) is 0 Å². The van der Waals surface area contributed by atoms with Gasteiger partial charge in [-0.05, 0) is 63.5 Å². The predicted octanol–water partition coefficient (Wildman–Crippen LogP) is 2.84. The molecule has 1 saturated heterocycles. The normalized spacial score (nSPS) is 16.7. The maximum absolute atomic E-state index is 12.7. The zero-order valence-electron chi connectivity index (χ0n) is 14.1. The number of rotatable bonds is 4. The van der Waals surface area contributed by atoms with Crippen LogP contribution in [0.3, 0.4) is 0 Å². The third kappa shape index (κ3) is 5.34. The fourth-order valence-electron chi connectivity index (χ4n) is 3.03. The molecule has 0 saturated carbocycles. The highest BCUT2D eigenvalue weighted by atomic mass is 32.1. The molecule has 1 aliphatic rings. The van der Waals surface area contributed by atoms with Crippen LogP contribution in [0.4, 0.5) is 18.9 Å². The van der Waals surface area contributed by atoms with Crippen molar-refractivity contribution in [3.8, 4) is 0 Å². The van der Waals surface area contributed by atoms with Gasteiger partial charge in [0.2, 0.25) is 0 Å². The Labute approximate surface area is 146 Å². The second kappa shape index (κ2) is 7.70. The lowest BCUT2D eigenvalue weighted by Crippen LogP contribution is -3.20. The van der Waals surface area contributed by atoms with Gasteiger partial charge in [-0.3, -0.25) is 0 Å². The summed E-state index contributed by atoms with van der Waals surface area (Å²) >= 11 is 5.23. The number of halogens is 3. The Balaban J connectivity index is 1.89. The lowest BCUT2D eigenvalue weighted by atomic mass is 9.98. The molecule has 3 N–H and O–H groups in total. The van der Waals surface area contributed by atoms with Crippen LogP contribution in [0.15, 0.2) is 24.3 Å². The predicted molar refractivity (Wildman–Crippen MR) is 94.3 cm³/mol. The van der Waals surface area contributed by atoms with Crippen LogP contribution in [-0.4, -0.2) is 30.3 Å². The molecule has 1 fully saturated rings. The van der Waals surface area contributed by atoms with Gasteiger partial charge in [0.25, 0.3) is 0 Å². The molecular formula is C17H25F3N3S+. The van der Waals surface area contributed by atoms with Gasteiger partial charge in [0, 0.05) is 5.69 Å². The van der Waals surface area contributed by atoms with Gasteiger partial charge in [0.05, 0.1) is 25.2 Å². The van der Waals surface area contributed by atoms with Gasteiger partial charge in [-0.2, -0.15) is 13.2 Å². The molecule has 0 atom stereocenters. The Morgan fingerprint density at radius 2 is 1.83 bits per heavy atom. The molecule has 134 valence electrons. The van der Waals surface area contributed by atoms with Crippen molar-refractivity contribution in [3.05, 3.63) is 29.8 Å². The molecule has 0 spiro atoms. The molecule has 0 bridgehead atoms. The average Bonchev–Trinajstić information content (AvgIpc) is 2.53. The van der Waals surface area contributed by atoms with Crippen molar-refractivity contribution < 1.29 is 18.1 Å². The number of nitrogens with one attached hydrogen (secondary N) is 3. The molecular weight excluding hydrogens is 335 g/mol. The first kappa shape index (κ1) is 19.0. The van der Waals surface area contributed by atoms with Crippen molar-refractivity contribution >= 4 is 23.0 Å². The van der Waals surface area contributed by atoms with E-state index in [1.165, 1.54) is 25.3 Å². The van der Waals surface area contributed by atoms with Crippen LogP contribution >= 0.6 is 12.2 Å². The summed E-state index contributed by atoms with van der Waals surface area (Å²) in [7, 11) is 0. The minimum Gasteiger partial charge on any atom is -0.356 e. The quantitative estimate of drug-likeness (QED) is 0.721. The van der Waals surface area contributed by atoms with Gasteiger partial charge in [0.15, 0.2) is 5.11 Å². The molecule has 7 heteroatoms. The SMILES string of the molecule is CC(C)(CNC(=S)Nc1cccc(C(F)(F)F)c1)[NH+]1CCCCC1. The van der Waals surface area contributed by atoms with Gasteiger partial charge in [0.1, 0.15) is 5.54 Å². The molecule has 0 unspecified atom stereocenters. The lowest BCUT2D eigenvalue weighted by molar-refractivity contribution is -0.951. The molecule has 2 rings (SSSR count). The highest BCUT2D eigenvalue weighted by Gasteiger charge is 2.32. The Hall–Kier alpha value is -1.34. The van der Waals surface area contributed by atoms with E-state index in [1.807, 2.05) is 0 Å². The molecule has 1 aromatic rings. The molecule has 0 aromatic heterocycles. The van der Waals surface area contributed by atoms with E-state index in [-0.39, 0.29) is 5.54 Å². The number of anilines is 1. The maximum Gasteiger partial charge on any atom is 0.416 e. The number of alkyl halides is 3. The summed E-state index contributed by atoms with van der Waals surface area (Å²) < 4.78 is 38.2. The monoisotopic (exact) mass is 360 g/mol. The molecule has 24 heavy (non-hydrogen) atoms. The van der Waals surface area contributed by atoms with E-state index >= 15 is 0 Å². The van der Waals surface area contributed by atoms with Gasteiger partial charge >= 0.3 is 6.18 Å². The van der Waals surface area contributed by atoms with Crippen LogP contribution in [-0.2, 0) is 6.18 Å². The van der Waals surface area contributed by atoms with Crippen molar-refractivity contribution in [2.45, 2.75) is 44.8 Å². The highest BCUT2D eigenvalue weighted by Crippen LogP contribution is 2.30. The zero-order chi connectivity index (χ0) is 17.8. The number of piperidine rings is 1. The number of benzene rings is 1. The minimum absolute atomic E-state index is 0.0278. The summed E-state index contributed by atoms with van der Waals surface area (Å²) in [5.41, 5.74) is -0.321. The van der Waals surface area contributed by atoms with Crippen LogP contribution in [0.5, 0.6) is 0 Å². The van der Waals surface area contributed by atoms with Crippen molar-refractivity contribution in [2.24, 2.45) is 0 Å². The standard InChI is InChI=1S/C17H24F3N3S/c1-16(2,23-9-4-3-5-10-23)12-21-15(24)22-14-8-6-7-13(11-14)17(18,19)20/h6-8,11H,3-5,9-10,12H2,1-2H3,(H2,21,22,24)/p+1. The molecule has 1 aliphatic heterocycles. The van der Waals surface area contributed by atoms with Crippen LogP contribution in [0, 0.1) is 0 Å². The number of hydrogen-bond donors (Lipinski definition) is 3. The first-order valence-electron chi connectivity index (χ1n) is 8.26. The summed E-state index contributed by atoms with van der Waals surface area (Å²) in [5, 5.41) is 6.33. The maximum atomic E-state index is 12.7. The summed E-state index contributed by atoms with van der Waals surface area (Å²) in [6, 6.07) is 5.05. The number of likely N-dealkylation sites (tertiary alicyclic amines) is 1. The summed E-state index contributed by atoms with van der Waals surface area (Å²) in [6.07, 6.45) is -0.577. The number of quaternary nitrogens is 1. The Morgan fingerprint density at radius 3 is 2.46 bits per heavy atom. The number of thiocarbonyl (C=S) groups is 1. The second-order valence-electron chi connectivity index (χ2n) is 6.93. The fraction of sp³-hybridized carbons (Fsp3) is 0.588. The third-order valence-corrected chi connectivity index (χ3v) is 4.80. The fourth-order valence-corrected chi connectivity index (χ4v) is 3.22. The van der Waals surface area contributed by atoms with E-state index in [4.69, 9.17) is 12.2 Å². The second-order valence-corrected chi connectivity index (χ2v) is 7.34. The van der Waals surface area contributed by atoms with Crippen molar-refractivity contribution in [2.75, 3.05) is 25.0 Å². The molecule has 0 aliphatic carbocycles. The summed E-state index contributed by atoms with van der Waals surface area (Å²) in [6.45, 7) is 7.36. The van der Waals surface area contributed by atoms with Crippen LogP contribution in [0.25, 0.3) is 0 Å². The number of hydrogen-bond acceptors (Lipinski definition) is 1. The van der Waals surface area contributed by atoms with E-state index in [2.05, 4.69) is 24.5 Å². The van der Waals surface area contributed by atoms with E-state index < -0.39 is 11.7 Å². The molecule has 0 amide bonds. The zero-order valence-corrected chi connectivity index (χ0v) is 14.9. The molecule has 1 aromatic carbocycles. The molecule has 0 radical (unpaired) electrons. The highest BCUT2D eigenvalue weighted by molar-refractivity contribution is 7.80. The largest absolute Gasteiger partial charge is 0.416 e. The van der Waals surface area contributed by atoms with Crippen LogP contribution in [0.1, 0.15) is 38.7 Å². The van der Waals surface area contributed by atoms with E-state index in [0.29, 0.717) is 17.3 Å². The average molecular weight is 360 g/mol. The van der Waals surface area contributed by atoms with E-state index in [1.54, 1.807) is 11.0 Å². The minimum atomic E-state index is -4.35. The first-order valence-corrected chi connectivity index (χ1v) is 8.66. The van der Waals surface area contributed by atoms with Crippen LogP contribution < -0.4 is 15.5 Å². The molecule has 3 nitrogen and oxygen atoms in total. The topological polar surface area (TPSA) is 28.5 Å². The van der Waals surface area contributed by atoms with Crippen LogP contribution in [0.2, 0.25) is 0 Å². The Morgan fingerprint density at radius 1 is 1.17 bits per heavy atom. The van der Waals surface area contributed by atoms with Crippen molar-refractivity contribution in [1.29, 1.82) is 0 Å². The van der Waals surface area contributed by atoms with Gasteiger partial charge in [-0.15, -0.1) is 0 Å². The third-order valence-electron chi connectivity index (χ3n) is 4.55. The first-order chi connectivity index (χ1) is 11.2. The van der Waals surface area contributed by atoms with E-state index in [0.717, 1.165) is 25.2 Å². The Bertz CT molecular complexity index is 566. The summed E-state index contributed by atoms with van der Waals surface area (Å²) in [4.78, 5) is 1.54. The van der Waals surface area contributed by atoms with Crippen molar-refractivity contribution in [1.82, 2.24) is 5.32 Å². The smallest absolute Gasteiger partial charge is 0.356 e.